The zero-order valence-electron chi connectivity index (χ0n) is 9.74. The molecule has 1 rings (SSSR count). The summed E-state index contributed by atoms with van der Waals surface area (Å²) in [4.78, 5) is 11.6. The number of anilines is 1. The van der Waals surface area contributed by atoms with E-state index in [1.54, 1.807) is 38.1 Å². The Morgan fingerprint density at radius 3 is 2.76 bits per heavy atom. The molecule has 0 atom stereocenters. The molecule has 0 radical (unpaired) electrons. The van der Waals surface area contributed by atoms with Crippen LogP contribution in [0, 0.1) is 23.7 Å². The van der Waals surface area contributed by atoms with E-state index in [0.29, 0.717) is 11.3 Å². The molecule has 0 unspecified atom stereocenters. The van der Waals surface area contributed by atoms with Crippen LogP contribution in [0.2, 0.25) is 0 Å². The molecule has 0 bridgehead atoms. The summed E-state index contributed by atoms with van der Waals surface area (Å²) in [5.41, 5.74) is 0.324. The fourth-order valence-corrected chi connectivity index (χ4v) is 1.15. The maximum Gasteiger partial charge on any atom is 0.320 e. The number of nitrogens with zero attached hydrogens (tertiary/aromatic N) is 1. The van der Waals surface area contributed by atoms with Crippen molar-refractivity contribution in [3.8, 4) is 18.4 Å². The molecule has 0 aliphatic rings. The van der Waals surface area contributed by atoms with Gasteiger partial charge in [0.2, 0.25) is 0 Å². The van der Waals surface area contributed by atoms with Crippen LogP contribution in [-0.2, 0) is 0 Å². The lowest BCUT2D eigenvalue weighted by atomic mass is 10.1. The van der Waals surface area contributed by atoms with E-state index in [1.165, 1.54) is 0 Å². The Kier molecular flexibility index (Phi) is 3.74. The molecule has 0 saturated heterocycles. The average molecular weight is 227 g/mol. The minimum Gasteiger partial charge on any atom is -0.322 e. The van der Waals surface area contributed by atoms with Gasteiger partial charge in [0.1, 0.15) is 0 Å². The molecule has 2 N–H and O–H groups in total. The van der Waals surface area contributed by atoms with Gasteiger partial charge in [-0.1, -0.05) is 12.0 Å². The van der Waals surface area contributed by atoms with Gasteiger partial charge >= 0.3 is 6.03 Å². The predicted molar refractivity (Wildman–Crippen MR) is 66.2 cm³/mol. The fourth-order valence-electron chi connectivity index (χ4n) is 1.15. The van der Waals surface area contributed by atoms with Gasteiger partial charge < -0.3 is 10.6 Å². The topological polar surface area (TPSA) is 64.9 Å². The van der Waals surface area contributed by atoms with E-state index in [-0.39, 0.29) is 0 Å². The number of nitriles is 1. The third-order valence-corrected chi connectivity index (χ3v) is 2.04. The van der Waals surface area contributed by atoms with Gasteiger partial charge in [0.25, 0.3) is 0 Å². The molecule has 17 heavy (non-hydrogen) atoms. The molecule has 2 amide bonds. The highest BCUT2D eigenvalue weighted by Gasteiger charge is 2.16. The van der Waals surface area contributed by atoms with E-state index in [0.717, 1.165) is 0 Å². The summed E-state index contributed by atoms with van der Waals surface area (Å²) in [7, 11) is 0. The van der Waals surface area contributed by atoms with Crippen molar-refractivity contribution in [3.05, 3.63) is 29.8 Å². The zero-order chi connectivity index (χ0) is 12.9. The Hall–Kier alpha value is -2.46. The van der Waals surface area contributed by atoms with Gasteiger partial charge in [-0.25, -0.2) is 4.79 Å². The summed E-state index contributed by atoms with van der Waals surface area (Å²) in [5.74, 6) is 2.46. The second-order valence-corrected chi connectivity index (χ2v) is 4.04. The van der Waals surface area contributed by atoms with Crippen molar-refractivity contribution in [2.45, 2.75) is 19.4 Å². The summed E-state index contributed by atoms with van der Waals surface area (Å²) >= 11 is 0. The molecule has 0 saturated carbocycles. The summed E-state index contributed by atoms with van der Waals surface area (Å²) in [6.45, 7) is 3.44. The molecule has 1 aromatic rings. The Balaban J connectivity index is 2.70. The standard InChI is InChI=1S/C13H13N3O/c1-4-13(2,3)16-12(17)15-11-7-5-6-10(8-11)9-14/h1,5-8H,2-3H3,(H2,15,16,17). The molecular formula is C13H13N3O. The Morgan fingerprint density at radius 1 is 1.47 bits per heavy atom. The normalized spacial score (nSPS) is 9.88. The lowest BCUT2D eigenvalue weighted by Crippen LogP contribution is -2.44. The predicted octanol–water partition coefficient (Wildman–Crippen LogP) is 2.09. The van der Waals surface area contributed by atoms with E-state index < -0.39 is 11.6 Å². The van der Waals surface area contributed by atoms with E-state index in [4.69, 9.17) is 11.7 Å². The van der Waals surface area contributed by atoms with Gasteiger partial charge in [-0.2, -0.15) is 5.26 Å². The molecule has 86 valence electrons. The highest BCUT2D eigenvalue weighted by atomic mass is 16.2. The number of urea groups is 1. The summed E-state index contributed by atoms with van der Waals surface area (Å²) in [5, 5.41) is 13.9. The van der Waals surface area contributed by atoms with Crippen molar-refractivity contribution >= 4 is 11.7 Å². The fraction of sp³-hybridized carbons (Fsp3) is 0.231. The number of nitrogens with one attached hydrogen (secondary N) is 2. The smallest absolute Gasteiger partial charge is 0.320 e. The molecule has 0 aromatic heterocycles. The first kappa shape index (κ1) is 12.6. The van der Waals surface area contributed by atoms with Crippen molar-refractivity contribution in [2.24, 2.45) is 0 Å². The number of hydrogen-bond donors (Lipinski definition) is 2. The second-order valence-electron chi connectivity index (χ2n) is 4.04. The maximum absolute atomic E-state index is 11.6. The molecule has 0 spiro atoms. The monoisotopic (exact) mass is 227 g/mol. The largest absolute Gasteiger partial charge is 0.322 e. The van der Waals surface area contributed by atoms with Gasteiger partial charge in [0.05, 0.1) is 17.2 Å². The van der Waals surface area contributed by atoms with Crippen LogP contribution in [0.5, 0.6) is 0 Å². The van der Waals surface area contributed by atoms with Gasteiger partial charge in [-0.15, -0.1) is 6.42 Å². The minimum absolute atomic E-state index is 0.400. The Labute approximate surface area is 101 Å². The van der Waals surface area contributed by atoms with E-state index in [2.05, 4.69) is 16.6 Å². The molecule has 4 nitrogen and oxygen atoms in total. The molecule has 0 heterocycles. The first-order chi connectivity index (χ1) is 7.96. The zero-order valence-corrected chi connectivity index (χ0v) is 9.74. The van der Waals surface area contributed by atoms with Crippen molar-refractivity contribution in [1.82, 2.24) is 5.32 Å². The lowest BCUT2D eigenvalue weighted by Gasteiger charge is -2.19. The summed E-state index contributed by atoms with van der Waals surface area (Å²) in [6.07, 6.45) is 5.26. The highest BCUT2D eigenvalue weighted by molar-refractivity contribution is 5.90. The summed E-state index contributed by atoms with van der Waals surface area (Å²) in [6, 6.07) is 8.24. The third kappa shape index (κ3) is 3.89. The minimum atomic E-state index is -0.711. The van der Waals surface area contributed by atoms with Gasteiger partial charge in [0, 0.05) is 5.69 Å². The van der Waals surface area contributed by atoms with Crippen LogP contribution in [-0.4, -0.2) is 11.6 Å². The van der Waals surface area contributed by atoms with E-state index in [1.807, 2.05) is 6.07 Å². The number of hydrogen-bond acceptors (Lipinski definition) is 2. The highest BCUT2D eigenvalue weighted by Crippen LogP contribution is 2.10. The molecule has 0 fully saturated rings. The van der Waals surface area contributed by atoms with Crippen molar-refractivity contribution in [2.75, 3.05) is 5.32 Å². The Bertz CT molecular complexity index is 506. The van der Waals surface area contributed by atoms with Crippen LogP contribution < -0.4 is 10.6 Å². The van der Waals surface area contributed by atoms with E-state index >= 15 is 0 Å². The molecular weight excluding hydrogens is 214 g/mol. The first-order valence-electron chi connectivity index (χ1n) is 5.04. The number of terminal acetylenes is 1. The van der Waals surface area contributed by atoms with Gasteiger partial charge in [-0.05, 0) is 32.0 Å². The number of carbonyl (C=O) groups is 1. The lowest BCUT2D eigenvalue weighted by molar-refractivity contribution is 0.247. The molecule has 4 heteroatoms. The number of carbonyl (C=O) groups excluding carboxylic acids is 1. The van der Waals surface area contributed by atoms with Crippen LogP contribution in [0.4, 0.5) is 10.5 Å². The number of benzene rings is 1. The van der Waals surface area contributed by atoms with Crippen LogP contribution in [0.25, 0.3) is 0 Å². The van der Waals surface area contributed by atoms with Crippen LogP contribution >= 0.6 is 0 Å². The number of rotatable bonds is 2. The molecule has 0 aliphatic carbocycles. The quantitative estimate of drug-likeness (QED) is 0.760. The van der Waals surface area contributed by atoms with Crippen molar-refractivity contribution < 1.29 is 4.79 Å². The summed E-state index contributed by atoms with van der Waals surface area (Å²) < 4.78 is 0. The van der Waals surface area contributed by atoms with Crippen molar-refractivity contribution in [1.29, 1.82) is 5.26 Å². The number of amides is 2. The van der Waals surface area contributed by atoms with Crippen LogP contribution in [0.15, 0.2) is 24.3 Å². The van der Waals surface area contributed by atoms with Crippen LogP contribution in [0.3, 0.4) is 0 Å². The van der Waals surface area contributed by atoms with Crippen LogP contribution in [0.1, 0.15) is 19.4 Å². The maximum atomic E-state index is 11.6. The van der Waals surface area contributed by atoms with Crippen molar-refractivity contribution in [3.63, 3.8) is 0 Å². The van der Waals surface area contributed by atoms with E-state index in [9.17, 15) is 4.79 Å². The van der Waals surface area contributed by atoms with Gasteiger partial charge in [0.15, 0.2) is 0 Å². The second kappa shape index (κ2) is 5.05. The molecule has 1 aromatic carbocycles. The average Bonchev–Trinajstić information content (AvgIpc) is 2.28. The third-order valence-electron chi connectivity index (χ3n) is 2.04. The Morgan fingerprint density at radius 2 is 2.18 bits per heavy atom. The first-order valence-corrected chi connectivity index (χ1v) is 5.04. The molecule has 0 aliphatic heterocycles. The SMILES string of the molecule is C#CC(C)(C)NC(=O)Nc1cccc(C#N)c1. The van der Waals surface area contributed by atoms with Gasteiger partial charge in [-0.3, -0.25) is 0 Å².